The van der Waals surface area contributed by atoms with Crippen LogP contribution in [-0.4, -0.2) is 10.7 Å². The Morgan fingerprint density at radius 2 is 1.22 bits per heavy atom. The monoisotopic (exact) mass is 242 g/mol. The summed E-state index contributed by atoms with van der Waals surface area (Å²) in [5, 5.41) is 9.26. The standard InChI is InChI=1S/C16H18O2/c1-16(2,3)18-15-10-6-13(7-11-15)12-4-8-14(17)9-5-12/h4-11,17H,1-3H3. The second-order valence-electron chi connectivity index (χ2n) is 5.29. The second kappa shape index (κ2) is 4.73. The van der Waals surface area contributed by atoms with E-state index in [9.17, 15) is 5.11 Å². The van der Waals surface area contributed by atoms with Crippen molar-refractivity contribution in [2.75, 3.05) is 0 Å². The molecule has 0 aliphatic heterocycles. The third kappa shape index (κ3) is 3.27. The van der Waals surface area contributed by atoms with E-state index in [0.717, 1.165) is 16.9 Å². The lowest BCUT2D eigenvalue weighted by Crippen LogP contribution is -2.22. The van der Waals surface area contributed by atoms with Crippen molar-refractivity contribution in [3.8, 4) is 22.6 Å². The number of benzene rings is 2. The molecule has 0 aliphatic rings. The molecule has 0 aliphatic carbocycles. The minimum Gasteiger partial charge on any atom is -0.508 e. The predicted molar refractivity (Wildman–Crippen MR) is 73.9 cm³/mol. The lowest BCUT2D eigenvalue weighted by atomic mass is 10.1. The van der Waals surface area contributed by atoms with Crippen LogP contribution in [0.15, 0.2) is 48.5 Å². The fourth-order valence-corrected chi connectivity index (χ4v) is 1.72. The van der Waals surface area contributed by atoms with Crippen molar-refractivity contribution < 1.29 is 9.84 Å². The third-order valence-electron chi connectivity index (χ3n) is 2.48. The number of aromatic hydroxyl groups is 1. The molecular formula is C16H18O2. The largest absolute Gasteiger partial charge is 0.508 e. The lowest BCUT2D eigenvalue weighted by molar-refractivity contribution is 0.131. The van der Waals surface area contributed by atoms with E-state index in [-0.39, 0.29) is 11.4 Å². The molecule has 18 heavy (non-hydrogen) atoms. The molecular weight excluding hydrogens is 224 g/mol. The molecule has 0 amide bonds. The summed E-state index contributed by atoms with van der Waals surface area (Å²) in [6.45, 7) is 6.09. The van der Waals surface area contributed by atoms with Crippen molar-refractivity contribution in [3.63, 3.8) is 0 Å². The van der Waals surface area contributed by atoms with Crippen LogP contribution >= 0.6 is 0 Å². The number of ether oxygens (including phenoxy) is 1. The van der Waals surface area contributed by atoms with Crippen molar-refractivity contribution in [3.05, 3.63) is 48.5 Å². The van der Waals surface area contributed by atoms with Gasteiger partial charge in [-0.2, -0.15) is 0 Å². The van der Waals surface area contributed by atoms with Crippen LogP contribution in [0, 0.1) is 0 Å². The Morgan fingerprint density at radius 1 is 0.778 bits per heavy atom. The SMILES string of the molecule is CC(C)(C)Oc1ccc(-c2ccc(O)cc2)cc1. The molecule has 2 nitrogen and oxygen atoms in total. The first kappa shape index (κ1) is 12.5. The van der Waals surface area contributed by atoms with Gasteiger partial charge in [0.05, 0.1) is 0 Å². The highest BCUT2D eigenvalue weighted by Gasteiger charge is 2.11. The molecule has 2 rings (SSSR count). The Balaban J connectivity index is 2.20. The fraction of sp³-hybridized carbons (Fsp3) is 0.250. The molecule has 0 atom stereocenters. The van der Waals surface area contributed by atoms with Gasteiger partial charge in [0.15, 0.2) is 0 Å². The van der Waals surface area contributed by atoms with E-state index in [0.29, 0.717) is 0 Å². The van der Waals surface area contributed by atoms with Gasteiger partial charge >= 0.3 is 0 Å². The van der Waals surface area contributed by atoms with E-state index in [1.807, 2.05) is 57.2 Å². The first-order valence-corrected chi connectivity index (χ1v) is 6.02. The van der Waals surface area contributed by atoms with Crippen molar-refractivity contribution >= 4 is 0 Å². The molecule has 0 spiro atoms. The van der Waals surface area contributed by atoms with Crippen molar-refractivity contribution in [1.29, 1.82) is 0 Å². The average molecular weight is 242 g/mol. The zero-order valence-corrected chi connectivity index (χ0v) is 11.0. The van der Waals surface area contributed by atoms with Crippen LogP contribution in [-0.2, 0) is 0 Å². The van der Waals surface area contributed by atoms with Crippen molar-refractivity contribution in [2.45, 2.75) is 26.4 Å². The smallest absolute Gasteiger partial charge is 0.120 e. The van der Waals surface area contributed by atoms with E-state index in [4.69, 9.17) is 4.74 Å². The molecule has 2 heteroatoms. The van der Waals surface area contributed by atoms with E-state index in [1.165, 1.54) is 0 Å². The molecule has 0 radical (unpaired) electrons. The van der Waals surface area contributed by atoms with E-state index >= 15 is 0 Å². The molecule has 0 aromatic heterocycles. The van der Waals surface area contributed by atoms with Crippen LogP contribution in [0.4, 0.5) is 0 Å². The van der Waals surface area contributed by atoms with Crippen LogP contribution in [0.3, 0.4) is 0 Å². The van der Waals surface area contributed by atoms with Crippen molar-refractivity contribution in [2.24, 2.45) is 0 Å². The molecule has 0 fully saturated rings. The molecule has 94 valence electrons. The molecule has 0 saturated heterocycles. The number of hydrogen-bond acceptors (Lipinski definition) is 2. The van der Waals surface area contributed by atoms with Crippen LogP contribution in [0.1, 0.15) is 20.8 Å². The van der Waals surface area contributed by atoms with E-state index < -0.39 is 0 Å². The fourth-order valence-electron chi connectivity index (χ4n) is 1.72. The minimum atomic E-state index is -0.181. The Kier molecular flexibility index (Phi) is 3.28. The summed E-state index contributed by atoms with van der Waals surface area (Å²) < 4.78 is 5.77. The maximum atomic E-state index is 9.26. The first-order chi connectivity index (χ1) is 8.44. The molecule has 1 N–H and O–H groups in total. The van der Waals surface area contributed by atoms with Gasteiger partial charge in [-0.15, -0.1) is 0 Å². The van der Waals surface area contributed by atoms with Crippen molar-refractivity contribution in [1.82, 2.24) is 0 Å². The lowest BCUT2D eigenvalue weighted by Gasteiger charge is -2.21. The molecule has 0 unspecified atom stereocenters. The number of phenolic OH excluding ortho intramolecular Hbond substituents is 1. The number of rotatable bonds is 2. The van der Waals surface area contributed by atoms with Gasteiger partial charge in [-0.1, -0.05) is 24.3 Å². The highest BCUT2D eigenvalue weighted by Crippen LogP contribution is 2.25. The number of hydrogen-bond donors (Lipinski definition) is 1. The average Bonchev–Trinajstić information content (AvgIpc) is 2.29. The summed E-state index contributed by atoms with van der Waals surface area (Å²) in [5.74, 6) is 1.15. The predicted octanol–water partition coefficient (Wildman–Crippen LogP) is 4.24. The maximum Gasteiger partial charge on any atom is 0.120 e. The summed E-state index contributed by atoms with van der Waals surface area (Å²) in [4.78, 5) is 0. The summed E-state index contributed by atoms with van der Waals surface area (Å²) in [5.41, 5.74) is 2.01. The minimum absolute atomic E-state index is 0.181. The summed E-state index contributed by atoms with van der Waals surface area (Å²) in [7, 11) is 0. The van der Waals surface area contributed by atoms with Gasteiger partial charge in [-0.3, -0.25) is 0 Å². The zero-order valence-electron chi connectivity index (χ0n) is 11.0. The Morgan fingerprint density at radius 3 is 1.67 bits per heavy atom. The van der Waals surface area contributed by atoms with Gasteiger partial charge in [0, 0.05) is 0 Å². The highest BCUT2D eigenvalue weighted by atomic mass is 16.5. The van der Waals surface area contributed by atoms with Gasteiger partial charge in [0.25, 0.3) is 0 Å². The Hall–Kier alpha value is -1.96. The molecule has 0 bridgehead atoms. The second-order valence-corrected chi connectivity index (χ2v) is 5.29. The zero-order chi connectivity index (χ0) is 13.2. The molecule has 2 aromatic rings. The highest BCUT2D eigenvalue weighted by molar-refractivity contribution is 5.64. The summed E-state index contributed by atoms with van der Waals surface area (Å²) >= 11 is 0. The summed E-state index contributed by atoms with van der Waals surface area (Å²) in [6.07, 6.45) is 0. The van der Waals surface area contributed by atoms with E-state index in [2.05, 4.69) is 0 Å². The Bertz CT molecular complexity index is 504. The van der Waals surface area contributed by atoms with E-state index in [1.54, 1.807) is 12.1 Å². The number of phenols is 1. The van der Waals surface area contributed by atoms with Gasteiger partial charge < -0.3 is 9.84 Å². The molecule has 0 heterocycles. The van der Waals surface area contributed by atoms with Crippen LogP contribution in [0.5, 0.6) is 11.5 Å². The van der Waals surface area contributed by atoms with Crippen LogP contribution in [0.25, 0.3) is 11.1 Å². The Labute approximate surface area is 108 Å². The summed E-state index contributed by atoms with van der Waals surface area (Å²) in [6, 6.07) is 15.1. The van der Waals surface area contributed by atoms with Gasteiger partial charge in [0.2, 0.25) is 0 Å². The van der Waals surface area contributed by atoms with Gasteiger partial charge in [0.1, 0.15) is 17.1 Å². The third-order valence-corrected chi connectivity index (χ3v) is 2.48. The van der Waals surface area contributed by atoms with Crippen LogP contribution in [0.2, 0.25) is 0 Å². The normalized spacial score (nSPS) is 11.3. The van der Waals surface area contributed by atoms with Crippen LogP contribution < -0.4 is 4.74 Å². The molecule has 0 saturated carbocycles. The maximum absolute atomic E-state index is 9.26. The quantitative estimate of drug-likeness (QED) is 0.853. The van der Waals surface area contributed by atoms with Gasteiger partial charge in [-0.05, 0) is 56.2 Å². The van der Waals surface area contributed by atoms with Gasteiger partial charge in [-0.25, -0.2) is 0 Å². The first-order valence-electron chi connectivity index (χ1n) is 6.02. The topological polar surface area (TPSA) is 29.5 Å². The molecule has 2 aromatic carbocycles.